The Labute approximate surface area is 114 Å². The third-order valence-electron chi connectivity index (χ3n) is 3.04. The Kier molecular flexibility index (Phi) is 4.66. The molecule has 0 fully saturated rings. The second kappa shape index (κ2) is 6.67. The number of rotatable bonds is 5. The van der Waals surface area contributed by atoms with Crippen LogP contribution in [0, 0.1) is 11.3 Å². The average molecular weight is 251 g/mol. The number of aromatic nitrogens is 1. The molecule has 0 bridgehead atoms. The molecular weight excluding hydrogens is 234 g/mol. The highest BCUT2D eigenvalue weighted by Gasteiger charge is 2.05. The molecule has 0 atom stereocenters. The highest BCUT2D eigenvalue weighted by molar-refractivity contribution is 5.25. The summed E-state index contributed by atoms with van der Waals surface area (Å²) in [5.74, 6) is 0. The first-order valence-corrected chi connectivity index (χ1v) is 6.43. The van der Waals surface area contributed by atoms with Gasteiger partial charge in [0.05, 0.1) is 0 Å². The van der Waals surface area contributed by atoms with Crippen LogP contribution in [-0.4, -0.2) is 16.4 Å². The summed E-state index contributed by atoms with van der Waals surface area (Å²) in [5, 5.41) is 8.86. The number of nitriles is 1. The summed E-state index contributed by atoms with van der Waals surface area (Å²) in [5.41, 5.74) is 2.91. The van der Waals surface area contributed by atoms with E-state index in [2.05, 4.69) is 47.1 Å². The van der Waals surface area contributed by atoms with Gasteiger partial charge in [-0.3, -0.25) is 4.90 Å². The topological polar surface area (TPSA) is 39.9 Å². The van der Waals surface area contributed by atoms with Gasteiger partial charge in [0.1, 0.15) is 11.8 Å². The summed E-state index contributed by atoms with van der Waals surface area (Å²) in [4.78, 5) is 6.33. The van der Waals surface area contributed by atoms with E-state index in [9.17, 15) is 0 Å². The van der Waals surface area contributed by atoms with Crippen molar-refractivity contribution in [2.45, 2.75) is 20.0 Å². The predicted octanol–water partition coefficient (Wildman–Crippen LogP) is 2.98. The molecule has 0 saturated heterocycles. The standard InChI is InChI=1S/C16H17N3/c1-2-19(12-14-6-4-3-5-7-14)13-15-8-9-18-16(10-15)11-17/h3-10H,2,12-13H2,1H3. The number of hydrogen-bond acceptors (Lipinski definition) is 3. The van der Waals surface area contributed by atoms with Crippen molar-refractivity contribution < 1.29 is 0 Å². The van der Waals surface area contributed by atoms with E-state index in [0.29, 0.717) is 5.69 Å². The summed E-state index contributed by atoms with van der Waals surface area (Å²) in [6.07, 6.45) is 1.70. The zero-order valence-corrected chi connectivity index (χ0v) is 11.1. The fourth-order valence-corrected chi connectivity index (χ4v) is 2.01. The minimum atomic E-state index is 0.480. The molecule has 96 valence electrons. The second-order valence-electron chi connectivity index (χ2n) is 4.45. The fourth-order valence-electron chi connectivity index (χ4n) is 2.01. The first-order valence-electron chi connectivity index (χ1n) is 6.43. The summed E-state index contributed by atoms with van der Waals surface area (Å²) < 4.78 is 0. The van der Waals surface area contributed by atoms with Crippen LogP contribution in [0.15, 0.2) is 48.7 Å². The van der Waals surface area contributed by atoms with Gasteiger partial charge in [-0.25, -0.2) is 4.98 Å². The normalized spacial score (nSPS) is 10.4. The summed E-state index contributed by atoms with van der Waals surface area (Å²) in [7, 11) is 0. The lowest BCUT2D eigenvalue weighted by Crippen LogP contribution is -2.22. The molecule has 0 radical (unpaired) electrons. The first kappa shape index (κ1) is 13.3. The van der Waals surface area contributed by atoms with Crippen molar-refractivity contribution in [2.24, 2.45) is 0 Å². The molecule has 1 aromatic carbocycles. The van der Waals surface area contributed by atoms with Gasteiger partial charge in [-0.05, 0) is 29.8 Å². The van der Waals surface area contributed by atoms with Crippen molar-refractivity contribution in [1.82, 2.24) is 9.88 Å². The Morgan fingerprint density at radius 2 is 1.84 bits per heavy atom. The van der Waals surface area contributed by atoms with E-state index in [1.807, 2.05) is 18.2 Å². The number of pyridine rings is 1. The zero-order valence-electron chi connectivity index (χ0n) is 11.1. The van der Waals surface area contributed by atoms with Crippen molar-refractivity contribution in [3.8, 4) is 6.07 Å². The van der Waals surface area contributed by atoms with Gasteiger partial charge >= 0.3 is 0 Å². The Hall–Kier alpha value is -2.18. The lowest BCUT2D eigenvalue weighted by atomic mass is 10.2. The molecule has 0 unspecified atom stereocenters. The number of nitrogens with zero attached hydrogens (tertiary/aromatic N) is 3. The molecule has 2 rings (SSSR count). The van der Waals surface area contributed by atoms with E-state index in [1.54, 1.807) is 6.20 Å². The van der Waals surface area contributed by atoms with Crippen molar-refractivity contribution in [1.29, 1.82) is 5.26 Å². The fraction of sp³-hybridized carbons (Fsp3) is 0.250. The average Bonchev–Trinajstić information content (AvgIpc) is 2.48. The molecule has 0 aliphatic carbocycles. The molecule has 2 aromatic rings. The van der Waals surface area contributed by atoms with Gasteiger partial charge in [0.2, 0.25) is 0 Å². The molecule has 0 aliphatic heterocycles. The predicted molar refractivity (Wildman–Crippen MR) is 75.2 cm³/mol. The Morgan fingerprint density at radius 3 is 2.53 bits per heavy atom. The van der Waals surface area contributed by atoms with Gasteiger partial charge in [0.15, 0.2) is 0 Å². The molecule has 3 nitrogen and oxygen atoms in total. The van der Waals surface area contributed by atoms with Crippen LogP contribution in [0.1, 0.15) is 23.7 Å². The van der Waals surface area contributed by atoms with Crippen LogP contribution < -0.4 is 0 Å². The van der Waals surface area contributed by atoms with E-state index in [-0.39, 0.29) is 0 Å². The first-order chi connectivity index (χ1) is 9.31. The van der Waals surface area contributed by atoms with Gasteiger partial charge in [-0.2, -0.15) is 5.26 Å². The van der Waals surface area contributed by atoms with Crippen LogP contribution >= 0.6 is 0 Å². The van der Waals surface area contributed by atoms with Gasteiger partial charge < -0.3 is 0 Å². The van der Waals surface area contributed by atoms with Gasteiger partial charge in [0, 0.05) is 19.3 Å². The number of hydrogen-bond donors (Lipinski definition) is 0. The van der Waals surface area contributed by atoms with Crippen LogP contribution in [0.3, 0.4) is 0 Å². The second-order valence-corrected chi connectivity index (χ2v) is 4.45. The molecule has 0 spiro atoms. The van der Waals surface area contributed by atoms with Crippen LogP contribution in [0.5, 0.6) is 0 Å². The van der Waals surface area contributed by atoms with Gasteiger partial charge in [-0.15, -0.1) is 0 Å². The van der Waals surface area contributed by atoms with Crippen molar-refractivity contribution in [3.05, 3.63) is 65.5 Å². The summed E-state index contributed by atoms with van der Waals surface area (Å²) in [6, 6.07) is 16.3. The van der Waals surface area contributed by atoms with Crippen molar-refractivity contribution in [3.63, 3.8) is 0 Å². The SMILES string of the molecule is CCN(Cc1ccccc1)Cc1ccnc(C#N)c1. The van der Waals surface area contributed by atoms with Crippen molar-refractivity contribution >= 4 is 0 Å². The third kappa shape index (κ3) is 3.90. The maximum Gasteiger partial charge on any atom is 0.140 e. The van der Waals surface area contributed by atoms with Gasteiger partial charge in [0.25, 0.3) is 0 Å². The van der Waals surface area contributed by atoms with E-state index < -0.39 is 0 Å². The maximum atomic E-state index is 8.86. The molecule has 1 heterocycles. The monoisotopic (exact) mass is 251 g/mol. The molecule has 1 aromatic heterocycles. The summed E-state index contributed by atoms with van der Waals surface area (Å²) >= 11 is 0. The molecule has 0 saturated carbocycles. The minimum absolute atomic E-state index is 0.480. The molecular formula is C16H17N3. The molecule has 0 N–H and O–H groups in total. The molecule has 0 amide bonds. The quantitative estimate of drug-likeness (QED) is 0.820. The summed E-state index contributed by atoms with van der Waals surface area (Å²) in [6.45, 7) is 4.87. The lowest BCUT2D eigenvalue weighted by Gasteiger charge is -2.20. The minimum Gasteiger partial charge on any atom is -0.295 e. The van der Waals surface area contributed by atoms with Crippen LogP contribution in [-0.2, 0) is 13.1 Å². The van der Waals surface area contributed by atoms with Crippen molar-refractivity contribution in [2.75, 3.05) is 6.54 Å². The van der Waals surface area contributed by atoms with E-state index in [0.717, 1.165) is 25.2 Å². The highest BCUT2D eigenvalue weighted by Crippen LogP contribution is 2.10. The van der Waals surface area contributed by atoms with Crippen LogP contribution in [0.4, 0.5) is 0 Å². The molecule has 3 heteroatoms. The van der Waals surface area contributed by atoms with E-state index in [1.165, 1.54) is 5.56 Å². The number of benzene rings is 1. The highest BCUT2D eigenvalue weighted by atomic mass is 15.1. The van der Waals surface area contributed by atoms with Crippen LogP contribution in [0.2, 0.25) is 0 Å². The van der Waals surface area contributed by atoms with E-state index in [4.69, 9.17) is 5.26 Å². The Bertz CT molecular complexity index is 558. The Balaban J connectivity index is 2.05. The zero-order chi connectivity index (χ0) is 13.5. The van der Waals surface area contributed by atoms with Crippen LogP contribution in [0.25, 0.3) is 0 Å². The van der Waals surface area contributed by atoms with Gasteiger partial charge in [-0.1, -0.05) is 37.3 Å². The maximum absolute atomic E-state index is 8.86. The lowest BCUT2D eigenvalue weighted by molar-refractivity contribution is 0.271. The Morgan fingerprint density at radius 1 is 1.11 bits per heavy atom. The smallest absolute Gasteiger partial charge is 0.140 e. The molecule has 19 heavy (non-hydrogen) atoms. The molecule has 0 aliphatic rings. The van der Waals surface area contributed by atoms with E-state index >= 15 is 0 Å². The largest absolute Gasteiger partial charge is 0.295 e. The third-order valence-corrected chi connectivity index (χ3v) is 3.04.